The highest BCUT2D eigenvalue weighted by atomic mass is 79.9. The molecule has 84 valence electrons. The second-order valence-electron chi connectivity index (χ2n) is 4.01. The Morgan fingerprint density at radius 1 is 1.47 bits per heavy atom. The number of aliphatic hydroxyl groups is 1. The SMILES string of the molecule is CC(O)CCN(C)Cc1cccc(Br)c1. The van der Waals surface area contributed by atoms with Crippen LogP contribution in [0.5, 0.6) is 0 Å². The zero-order valence-electron chi connectivity index (χ0n) is 9.28. The summed E-state index contributed by atoms with van der Waals surface area (Å²) in [7, 11) is 2.07. The van der Waals surface area contributed by atoms with E-state index >= 15 is 0 Å². The van der Waals surface area contributed by atoms with Crippen molar-refractivity contribution in [1.82, 2.24) is 4.90 Å². The van der Waals surface area contributed by atoms with Gasteiger partial charge in [0.25, 0.3) is 0 Å². The van der Waals surface area contributed by atoms with Crippen LogP contribution in [0.1, 0.15) is 18.9 Å². The van der Waals surface area contributed by atoms with E-state index in [0.717, 1.165) is 24.0 Å². The maximum atomic E-state index is 9.18. The summed E-state index contributed by atoms with van der Waals surface area (Å²) in [6.45, 7) is 3.67. The van der Waals surface area contributed by atoms with Gasteiger partial charge in [0.2, 0.25) is 0 Å². The first-order chi connectivity index (χ1) is 7.08. The fourth-order valence-electron chi connectivity index (χ4n) is 1.43. The Morgan fingerprint density at radius 3 is 2.80 bits per heavy atom. The molecule has 0 aliphatic carbocycles. The van der Waals surface area contributed by atoms with Crippen LogP contribution in [0.4, 0.5) is 0 Å². The average molecular weight is 272 g/mol. The number of hydrogen-bond acceptors (Lipinski definition) is 2. The molecule has 0 spiro atoms. The number of nitrogens with zero attached hydrogens (tertiary/aromatic N) is 1. The first-order valence-corrected chi connectivity index (χ1v) is 5.98. The first kappa shape index (κ1) is 12.7. The van der Waals surface area contributed by atoms with Gasteiger partial charge in [-0.15, -0.1) is 0 Å². The Hall–Kier alpha value is -0.380. The molecule has 2 nitrogen and oxygen atoms in total. The molecule has 0 fully saturated rings. The van der Waals surface area contributed by atoms with Crippen molar-refractivity contribution < 1.29 is 5.11 Å². The molecule has 1 rings (SSSR count). The lowest BCUT2D eigenvalue weighted by molar-refractivity contribution is 0.163. The Kier molecular flexibility index (Phi) is 5.29. The summed E-state index contributed by atoms with van der Waals surface area (Å²) in [5, 5.41) is 9.18. The third kappa shape index (κ3) is 5.30. The summed E-state index contributed by atoms with van der Waals surface area (Å²) >= 11 is 3.46. The molecular formula is C12H18BrNO. The van der Waals surface area contributed by atoms with E-state index in [1.807, 2.05) is 19.1 Å². The van der Waals surface area contributed by atoms with Crippen LogP contribution in [0.15, 0.2) is 28.7 Å². The Bertz CT molecular complexity index is 301. The van der Waals surface area contributed by atoms with E-state index < -0.39 is 0 Å². The third-order valence-corrected chi connectivity index (χ3v) is 2.76. The van der Waals surface area contributed by atoms with E-state index in [2.05, 4.69) is 40.0 Å². The maximum Gasteiger partial charge on any atom is 0.0524 e. The van der Waals surface area contributed by atoms with Crippen LogP contribution in [-0.4, -0.2) is 29.7 Å². The first-order valence-electron chi connectivity index (χ1n) is 5.19. The molecule has 0 bridgehead atoms. The monoisotopic (exact) mass is 271 g/mol. The lowest BCUT2D eigenvalue weighted by Crippen LogP contribution is -2.22. The molecular weight excluding hydrogens is 254 g/mol. The van der Waals surface area contributed by atoms with Crippen LogP contribution in [-0.2, 0) is 6.54 Å². The molecule has 1 atom stereocenters. The topological polar surface area (TPSA) is 23.5 Å². The Balaban J connectivity index is 2.40. The van der Waals surface area contributed by atoms with E-state index in [9.17, 15) is 5.11 Å². The number of hydrogen-bond donors (Lipinski definition) is 1. The van der Waals surface area contributed by atoms with Crippen molar-refractivity contribution in [1.29, 1.82) is 0 Å². The molecule has 0 aliphatic heterocycles. The van der Waals surface area contributed by atoms with E-state index in [0.29, 0.717) is 0 Å². The minimum atomic E-state index is -0.213. The minimum Gasteiger partial charge on any atom is -0.393 e. The predicted molar refractivity (Wildman–Crippen MR) is 66.8 cm³/mol. The van der Waals surface area contributed by atoms with Gasteiger partial charge in [0.05, 0.1) is 6.10 Å². The smallest absolute Gasteiger partial charge is 0.0524 e. The van der Waals surface area contributed by atoms with Crippen LogP contribution in [0.3, 0.4) is 0 Å². The van der Waals surface area contributed by atoms with Crippen molar-refractivity contribution in [2.45, 2.75) is 26.0 Å². The quantitative estimate of drug-likeness (QED) is 0.890. The molecule has 0 saturated heterocycles. The van der Waals surface area contributed by atoms with Gasteiger partial charge in [0.15, 0.2) is 0 Å². The number of benzene rings is 1. The molecule has 0 amide bonds. The van der Waals surface area contributed by atoms with Crippen molar-refractivity contribution >= 4 is 15.9 Å². The summed E-state index contributed by atoms with van der Waals surface area (Å²) < 4.78 is 1.11. The zero-order valence-corrected chi connectivity index (χ0v) is 10.9. The summed E-state index contributed by atoms with van der Waals surface area (Å²) in [4.78, 5) is 2.22. The molecule has 1 unspecified atom stereocenters. The maximum absolute atomic E-state index is 9.18. The third-order valence-electron chi connectivity index (χ3n) is 2.27. The van der Waals surface area contributed by atoms with Crippen molar-refractivity contribution in [3.05, 3.63) is 34.3 Å². The summed E-state index contributed by atoms with van der Waals surface area (Å²) in [5.74, 6) is 0. The molecule has 1 N–H and O–H groups in total. The molecule has 15 heavy (non-hydrogen) atoms. The van der Waals surface area contributed by atoms with Crippen LogP contribution < -0.4 is 0 Å². The van der Waals surface area contributed by atoms with E-state index in [1.165, 1.54) is 5.56 Å². The number of halogens is 1. The van der Waals surface area contributed by atoms with Crippen LogP contribution >= 0.6 is 15.9 Å². The van der Waals surface area contributed by atoms with Gasteiger partial charge in [-0.2, -0.15) is 0 Å². The molecule has 0 radical (unpaired) electrons. The van der Waals surface area contributed by atoms with Gasteiger partial charge in [-0.3, -0.25) is 0 Å². The van der Waals surface area contributed by atoms with Gasteiger partial charge >= 0.3 is 0 Å². The fourth-order valence-corrected chi connectivity index (χ4v) is 1.88. The Morgan fingerprint density at radius 2 is 2.20 bits per heavy atom. The molecule has 0 saturated carbocycles. The van der Waals surface area contributed by atoms with Gasteiger partial charge in [-0.05, 0) is 38.1 Å². The lowest BCUT2D eigenvalue weighted by Gasteiger charge is -2.17. The number of aliphatic hydroxyl groups excluding tert-OH is 1. The van der Waals surface area contributed by atoms with Gasteiger partial charge in [-0.25, -0.2) is 0 Å². The molecule has 0 aromatic heterocycles. The summed E-state index contributed by atoms with van der Waals surface area (Å²) in [5.41, 5.74) is 1.29. The van der Waals surface area contributed by atoms with Gasteiger partial charge in [0, 0.05) is 17.6 Å². The zero-order chi connectivity index (χ0) is 11.3. The van der Waals surface area contributed by atoms with Crippen molar-refractivity contribution in [2.75, 3.05) is 13.6 Å². The van der Waals surface area contributed by atoms with Crippen LogP contribution in [0.25, 0.3) is 0 Å². The molecule has 0 aliphatic rings. The van der Waals surface area contributed by atoms with Crippen molar-refractivity contribution in [3.63, 3.8) is 0 Å². The molecule has 1 aromatic rings. The number of rotatable bonds is 5. The van der Waals surface area contributed by atoms with Crippen LogP contribution in [0.2, 0.25) is 0 Å². The van der Waals surface area contributed by atoms with Crippen molar-refractivity contribution in [3.8, 4) is 0 Å². The van der Waals surface area contributed by atoms with E-state index in [1.54, 1.807) is 0 Å². The fraction of sp³-hybridized carbons (Fsp3) is 0.500. The van der Waals surface area contributed by atoms with Gasteiger partial charge < -0.3 is 10.0 Å². The van der Waals surface area contributed by atoms with Crippen LogP contribution in [0, 0.1) is 0 Å². The second-order valence-corrected chi connectivity index (χ2v) is 4.92. The molecule has 1 aromatic carbocycles. The van der Waals surface area contributed by atoms with E-state index in [-0.39, 0.29) is 6.10 Å². The minimum absolute atomic E-state index is 0.213. The van der Waals surface area contributed by atoms with Gasteiger partial charge in [-0.1, -0.05) is 28.1 Å². The standard InChI is InChI=1S/C12H18BrNO/c1-10(15)6-7-14(2)9-11-4-3-5-12(13)8-11/h3-5,8,10,15H,6-7,9H2,1-2H3. The highest BCUT2D eigenvalue weighted by Gasteiger charge is 2.02. The van der Waals surface area contributed by atoms with E-state index in [4.69, 9.17) is 0 Å². The summed E-state index contributed by atoms with van der Waals surface area (Å²) in [6, 6.07) is 8.31. The van der Waals surface area contributed by atoms with Crippen molar-refractivity contribution in [2.24, 2.45) is 0 Å². The molecule has 3 heteroatoms. The molecule has 0 heterocycles. The highest BCUT2D eigenvalue weighted by molar-refractivity contribution is 9.10. The summed E-state index contributed by atoms with van der Waals surface area (Å²) in [6.07, 6.45) is 0.611. The predicted octanol–water partition coefficient (Wildman–Crippen LogP) is 2.65. The average Bonchev–Trinajstić information content (AvgIpc) is 2.15. The van der Waals surface area contributed by atoms with Gasteiger partial charge in [0.1, 0.15) is 0 Å². The Labute approximate surface area is 100 Å². The highest BCUT2D eigenvalue weighted by Crippen LogP contribution is 2.13. The second kappa shape index (κ2) is 6.26. The largest absolute Gasteiger partial charge is 0.393 e. The normalized spacial score (nSPS) is 13.1. The lowest BCUT2D eigenvalue weighted by atomic mass is 10.2.